The first kappa shape index (κ1) is 18.7. The zero-order valence-corrected chi connectivity index (χ0v) is 16.6. The summed E-state index contributed by atoms with van der Waals surface area (Å²) >= 11 is 5.95. The third-order valence-corrected chi connectivity index (χ3v) is 4.56. The Morgan fingerprint density at radius 3 is 2.41 bits per heavy atom. The lowest BCUT2D eigenvalue weighted by Crippen LogP contribution is -2.22. The molecular weight excluding hydrogens is 390 g/mol. The summed E-state index contributed by atoms with van der Waals surface area (Å²) in [6, 6.07) is 16.2. The Labute approximate surface area is 171 Å². The van der Waals surface area contributed by atoms with Gasteiger partial charge in [0.25, 0.3) is 5.56 Å². The van der Waals surface area contributed by atoms with Gasteiger partial charge in [-0.3, -0.25) is 9.89 Å². The number of anilines is 3. The minimum atomic E-state index is -0.289. The largest absolute Gasteiger partial charge is 0.378 e. The van der Waals surface area contributed by atoms with Crippen LogP contribution >= 0.6 is 11.6 Å². The summed E-state index contributed by atoms with van der Waals surface area (Å²) in [5.74, 6) is 0.445. The average Bonchev–Trinajstić information content (AvgIpc) is 3.24. The highest BCUT2D eigenvalue weighted by Gasteiger charge is 2.15. The maximum Gasteiger partial charge on any atom is 0.273 e. The maximum absolute atomic E-state index is 12.8. The van der Waals surface area contributed by atoms with Crippen molar-refractivity contribution in [3.63, 3.8) is 0 Å². The molecule has 2 heterocycles. The number of nitrogens with one attached hydrogen (secondary N) is 2. The van der Waals surface area contributed by atoms with E-state index in [1.165, 1.54) is 17.1 Å². The van der Waals surface area contributed by atoms with Crippen molar-refractivity contribution >= 4 is 28.7 Å². The lowest BCUT2D eigenvalue weighted by atomic mass is 10.2. The molecule has 0 aliphatic rings. The maximum atomic E-state index is 12.8. The lowest BCUT2D eigenvalue weighted by Gasteiger charge is -2.15. The van der Waals surface area contributed by atoms with Crippen LogP contribution in [-0.2, 0) is 0 Å². The summed E-state index contributed by atoms with van der Waals surface area (Å²) in [5, 5.41) is 15.0. The lowest BCUT2D eigenvalue weighted by molar-refractivity contribution is 0.809. The fraction of sp³-hybridized carbons (Fsp3) is 0.100. The first-order valence-electron chi connectivity index (χ1n) is 8.82. The predicted molar refractivity (Wildman–Crippen MR) is 114 cm³/mol. The fourth-order valence-corrected chi connectivity index (χ4v) is 2.94. The molecule has 0 unspecified atom stereocenters. The summed E-state index contributed by atoms with van der Waals surface area (Å²) in [6.07, 6.45) is 1.39. The summed E-state index contributed by atoms with van der Waals surface area (Å²) in [4.78, 5) is 19.0. The molecule has 0 fully saturated rings. The first-order chi connectivity index (χ1) is 14.0. The van der Waals surface area contributed by atoms with Crippen molar-refractivity contribution in [3.8, 4) is 17.2 Å². The Morgan fingerprint density at radius 2 is 1.79 bits per heavy atom. The standard InChI is InChI=1S/C20H18ClN7O/c1-27(2)15-9-5-14(6-10-15)24-17-11-18(29)28(16-7-3-13(21)4-8-16)26-19(17)20-22-12-23-25-20/h3-12,24H,1-2H3,(H,22,23,25). The molecule has 4 aromatic rings. The van der Waals surface area contributed by atoms with Crippen molar-refractivity contribution in [1.29, 1.82) is 0 Å². The van der Waals surface area contributed by atoms with Gasteiger partial charge in [-0.15, -0.1) is 0 Å². The second-order valence-electron chi connectivity index (χ2n) is 6.53. The van der Waals surface area contributed by atoms with Gasteiger partial charge < -0.3 is 10.2 Å². The summed E-state index contributed by atoms with van der Waals surface area (Å²) in [7, 11) is 3.95. The van der Waals surface area contributed by atoms with Gasteiger partial charge in [0.15, 0.2) is 11.5 Å². The molecule has 0 atom stereocenters. The molecule has 146 valence electrons. The predicted octanol–water partition coefficient (Wildman–Crippen LogP) is 3.48. The van der Waals surface area contributed by atoms with E-state index in [1.54, 1.807) is 24.3 Å². The van der Waals surface area contributed by atoms with Crippen molar-refractivity contribution in [2.75, 3.05) is 24.3 Å². The molecule has 0 amide bonds. The smallest absolute Gasteiger partial charge is 0.273 e. The van der Waals surface area contributed by atoms with Crippen molar-refractivity contribution < 1.29 is 0 Å². The quantitative estimate of drug-likeness (QED) is 0.526. The average molecular weight is 408 g/mol. The Morgan fingerprint density at radius 1 is 1.07 bits per heavy atom. The van der Waals surface area contributed by atoms with Crippen LogP contribution in [-0.4, -0.2) is 39.1 Å². The monoisotopic (exact) mass is 407 g/mol. The molecule has 2 aromatic carbocycles. The second kappa shape index (κ2) is 7.76. The van der Waals surface area contributed by atoms with E-state index in [2.05, 4.69) is 25.6 Å². The number of halogens is 1. The Balaban J connectivity index is 1.78. The molecule has 0 aliphatic carbocycles. The molecule has 29 heavy (non-hydrogen) atoms. The topological polar surface area (TPSA) is 91.7 Å². The van der Waals surface area contributed by atoms with Gasteiger partial charge in [-0.25, -0.2) is 4.98 Å². The molecule has 9 heteroatoms. The van der Waals surface area contributed by atoms with Crippen LogP contribution in [0.1, 0.15) is 0 Å². The summed E-state index contributed by atoms with van der Waals surface area (Å²) in [6.45, 7) is 0. The zero-order valence-electron chi connectivity index (χ0n) is 15.8. The minimum absolute atomic E-state index is 0.289. The van der Waals surface area contributed by atoms with E-state index in [1.807, 2.05) is 43.3 Å². The van der Waals surface area contributed by atoms with Crippen LogP contribution in [0, 0.1) is 0 Å². The summed E-state index contributed by atoms with van der Waals surface area (Å²) in [5.41, 5.74) is 3.19. The van der Waals surface area contributed by atoms with Gasteiger partial charge in [0, 0.05) is 36.6 Å². The molecule has 2 aromatic heterocycles. The number of aromatic nitrogens is 5. The Bertz CT molecular complexity index is 1170. The van der Waals surface area contributed by atoms with E-state index >= 15 is 0 Å². The van der Waals surface area contributed by atoms with E-state index in [0.717, 1.165) is 11.4 Å². The SMILES string of the molecule is CN(C)c1ccc(Nc2cc(=O)n(-c3ccc(Cl)cc3)nc2-c2ncn[nH]2)cc1. The number of hydrogen-bond donors (Lipinski definition) is 2. The van der Waals surface area contributed by atoms with Gasteiger partial charge in [-0.1, -0.05) is 11.6 Å². The molecule has 8 nitrogen and oxygen atoms in total. The second-order valence-corrected chi connectivity index (χ2v) is 6.97. The number of H-pyrrole nitrogens is 1. The van der Waals surface area contributed by atoms with Crippen LogP contribution < -0.4 is 15.8 Å². The fourth-order valence-electron chi connectivity index (χ4n) is 2.81. The van der Waals surface area contributed by atoms with Gasteiger partial charge >= 0.3 is 0 Å². The van der Waals surface area contributed by atoms with Gasteiger partial charge in [-0.05, 0) is 48.5 Å². The van der Waals surface area contributed by atoms with Crippen LogP contribution in [0.5, 0.6) is 0 Å². The molecule has 0 saturated carbocycles. The Kier molecular flexibility index (Phi) is 5.01. The molecule has 4 rings (SSSR count). The highest BCUT2D eigenvalue weighted by molar-refractivity contribution is 6.30. The summed E-state index contributed by atoms with van der Waals surface area (Å²) < 4.78 is 1.30. The first-order valence-corrected chi connectivity index (χ1v) is 9.19. The van der Waals surface area contributed by atoms with Gasteiger partial charge in [0.1, 0.15) is 6.33 Å². The van der Waals surface area contributed by atoms with E-state index < -0.39 is 0 Å². The normalized spacial score (nSPS) is 10.7. The zero-order chi connectivity index (χ0) is 20.4. The van der Waals surface area contributed by atoms with Gasteiger partial charge in [0.2, 0.25) is 0 Å². The third-order valence-electron chi connectivity index (χ3n) is 4.30. The molecule has 0 aliphatic heterocycles. The molecule has 2 N–H and O–H groups in total. The number of aromatic amines is 1. The van der Waals surface area contributed by atoms with E-state index in [0.29, 0.717) is 27.9 Å². The number of benzene rings is 2. The van der Waals surface area contributed by atoms with Crippen molar-refractivity contribution in [2.45, 2.75) is 0 Å². The van der Waals surface area contributed by atoms with E-state index in [4.69, 9.17) is 11.6 Å². The number of nitrogens with zero attached hydrogens (tertiary/aromatic N) is 5. The third kappa shape index (κ3) is 3.97. The van der Waals surface area contributed by atoms with Crippen LogP contribution in [0.3, 0.4) is 0 Å². The minimum Gasteiger partial charge on any atom is -0.378 e. The van der Waals surface area contributed by atoms with Crippen LogP contribution in [0.2, 0.25) is 5.02 Å². The van der Waals surface area contributed by atoms with Crippen molar-refractivity contribution in [2.24, 2.45) is 0 Å². The van der Waals surface area contributed by atoms with Crippen LogP contribution in [0.15, 0.2) is 65.7 Å². The van der Waals surface area contributed by atoms with Gasteiger partial charge in [-0.2, -0.15) is 14.9 Å². The van der Waals surface area contributed by atoms with Gasteiger partial charge in [0.05, 0.1) is 11.4 Å². The molecule has 0 radical (unpaired) electrons. The van der Waals surface area contributed by atoms with Crippen molar-refractivity contribution in [1.82, 2.24) is 25.0 Å². The highest BCUT2D eigenvalue weighted by Crippen LogP contribution is 2.26. The van der Waals surface area contributed by atoms with E-state index in [-0.39, 0.29) is 5.56 Å². The molecule has 0 bridgehead atoms. The van der Waals surface area contributed by atoms with Crippen LogP contribution in [0.25, 0.3) is 17.2 Å². The number of hydrogen-bond acceptors (Lipinski definition) is 6. The van der Waals surface area contributed by atoms with Crippen molar-refractivity contribution in [3.05, 3.63) is 76.3 Å². The number of rotatable bonds is 5. The van der Waals surface area contributed by atoms with Crippen LogP contribution in [0.4, 0.5) is 17.1 Å². The Hall–Kier alpha value is -3.65. The highest BCUT2D eigenvalue weighted by atomic mass is 35.5. The molecule has 0 saturated heterocycles. The van der Waals surface area contributed by atoms with E-state index in [9.17, 15) is 4.79 Å². The molecule has 0 spiro atoms. The molecular formula is C20H18ClN7O.